The van der Waals surface area contributed by atoms with E-state index in [2.05, 4.69) is 17.1 Å². The molecule has 0 saturated heterocycles. The van der Waals surface area contributed by atoms with Crippen molar-refractivity contribution in [3.63, 3.8) is 0 Å². The van der Waals surface area contributed by atoms with E-state index in [1.165, 1.54) is 0 Å². The molecule has 2 aliphatic carbocycles. The van der Waals surface area contributed by atoms with Crippen LogP contribution < -0.4 is 0 Å². The molecule has 7 nitrogen and oxygen atoms in total. The van der Waals surface area contributed by atoms with Crippen LogP contribution in [0.3, 0.4) is 0 Å². The first-order valence-electron chi connectivity index (χ1n) is 8.95. The van der Waals surface area contributed by atoms with E-state index >= 15 is 0 Å². The zero-order chi connectivity index (χ0) is 18.9. The maximum absolute atomic E-state index is 12.8. The molecular formula is C19H24N4O3. The Morgan fingerprint density at radius 3 is 2.65 bits per heavy atom. The van der Waals surface area contributed by atoms with Crippen LogP contribution in [0.25, 0.3) is 11.6 Å². The largest absolute Gasteiger partial charge is 0.515 e. The second-order valence-electron chi connectivity index (χ2n) is 8.32. The van der Waals surface area contributed by atoms with Gasteiger partial charge in [0.2, 0.25) is 5.89 Å². The number of rotatable bonds is 1. The normalized spacial score (nSPS) is 28.9. The first kappa shape index (κ1) is 17.0. The number of aliphatic hydroxyl groups excluding tert-OH is 1. The van der Waals surface area contributed by atoms with Gasteiger partial charge in [0.15, 0.2) is 5.78 Å². The van der Waals surface area contributed by atoms with Crippen LogP contribution in [0.15, 0.2) is 16.3 Å². The van der Waals surface area contributed by atoms with Crippen LogP contribution in [0.2, 0.25) is 0 Å². The summed E-state index contributed by atoms with van der Waals surface area (Å²) < 4.78 is 7.46. The summed E-state index contributed by atoms with van der Waals surface area (Å²) in [6.45, 7) is 7.89. The Kier molecular flexibility index (Phi) is 3.45. The number of ketones is 1. The number of Topliss-reactive ketones (excluding diaryl/α,β-unsaturated/α-hetero) is 1. The van der Waals surface area contributed by atoms with Crippen molar-refractivity contribution >= 4 is 5.78 Å². The van der Waals surface area contributed by atoms with Gasteiger partial charge in [-0.3, -0.25) is 9.48 Å². The minimum Gasteiger partial charge on any atom is -0.515 e. The molecule has 0 radical (unpaired) electrons. The summed E-state index contributed by atoms with van der Waals surface area (Å²) in [5, 5.41) is 22.6. The molecule has 2 heterocycles. The van der Waals surface area contributed by atoms with E-state index in [1.807, 2.05) is 20.9 Å². The predicted molar refractivity (Wildman–Crippen MR) is 94.5 cm³/mol. The van der Waals surface area contributed by atoms with Crippen LogP contribution in [0.1, 0.15) is 50.8 Å². The minimum absolute atomic E-state index is 0.0367. The molecule has 1 N–H and O–H groups in total. The van der Waals surface area contributed by atoms with E-state index in [1.54, 1.807) is 11.6 Å². The molecule has 26 heavy (non-hydrogen) atoms. The van der Waals surface area contributed by atoms with E-state index in [-0.39, 0.29) is 17.1 Å². The van der Waals surface area contributed by atoms with Crippen molar-refractivity contribution in [1.29, 1.82) is 0 Å². The fourth-order valence-electron chi connectivity index (χ4n) is 5.21. The molecule has 7 heteroatoms. The lowest BCUT2D eigenvalue weighted by molar-refractivity contribution is -0.131. The number of carbonyl (C=O) groups is 1. The number of nitrogens with zero attached hydrogens (tertiary/aromatic N) is 4. The van der Waals surface area contributed by atoms with Gasteiger partial charge in [-0.05, 0) is 25.2 Å². The van der Waals surface area contributed by atoms with Crippen LogP contribution in [0, 0.1) is 18.3 Å². The van der Waals surface area contributed by atoms with E-state index in [4.69, 9.17) is 9.52 Å². The predicted octanol–water partition coefficient (Wildman–Crippen LogP) is 3.04. The number of carbonyl (C=O) groups excluding carboxylic acids is 1. The van der Waals surface area contributed by atoms with Gasteiger partial charge in [0.1, 0.15) is 5.69 Å². The van der Waals surface area contributed by atoms with Gasteiger partial charge >= 0.3 is 0 Å². The molecule has 0 aliphatic heterocycles. The molecule has 4 rings (SSSR count). The summed E-state index contributed by atoms with van der Waals surface area (Å²) in [5.41, 5.74) is 2.54. The van der Waals surface area contributed by atoms with Crippen LogP contribution in [-0.2, 0) is 23.7 Å². The molecule has 0 aromatic carbocycles. The summed E-state index contributed by atoms with van der Waals surface area (Å²) in [6.07, 6.45) is 3.16. The van der Waals surface area contributed by atoms with Crippen LogP contribution >= 0.6 is 0 Å². The zero-order valence-electron chi connectivity index (χ0n) is 15.8. The first-order valence-corrected chi connectivity index (χ1v) is 8.95. The molecule has 138 valence electrons. The zero-order valence-corrected chi connectivity index (χ0v) is 15.8. The van der Waals surface area contributed by atoms with E-state index in [9.17, 15) is 9.90 Å². The molecule has 2 atom stereocenters. The van der Waals surface area contributed by atoms with Crippen molar-refractivity contribution in [3.05, 3.63) is 29.0 Å². The van der Waals surface area contributed by atoms with Gasteiger partial charge in [0.05, 0.1) is 12.0 Å². The van der Waals surface area contributed by atoms with Crippen LogP contribution in [0.4, 0.5) is 0 Å². The van der Waals surface area contributed by atoms with Gasteiger partial charge in [-0.15, -0.1) is 10.2 Å². The van der Waals surface area contributed by atoms with Crippen molar-refractivity contribution < 1.29 is 14.3 Å². The van der Waals surface area contributed by atoms with Gasteiger partial charge in [-0.2, -0.15) is 5.10 Å². The quantitative estimate of drug-likeness (QED) is 0.623. The lowest BCUT2D eigenvalue weighted by Crippen LogP contribution is -2.53. The van der Waals surface area contributed by atoms with Gasteiger partial charge in [-0.25, -0.2) is 0 Å². The molecule has 0 amide bonds. The topological polar surface area (TPSA) is 94.0 Å². The highest BCUT2D eigenvalue weighted by Crippen LogP contribution is 2.57. The lowest BCUT2D eigenvalue weighted by atomic mass is 9.50. The number of aliphatic hydroxyl groups is 1. The number of allylic oxidation sites excluding steroid dienone is 1. The highest BCUT2D eigenvalue weighted by Gasteiger charge is 2.57. The summed E-state index contributed by atoms with van der Waals surface area (Å²) in [5.74, 6) is 1.19. The molecule has 2 aromatic rings. The Morgan fingerprint density at radius 1 is 1.31 bits per heavy atom. The maximum atomic E-state index is 12.8. The molecule has 1 unspecified atom stereocenters. The van der Waals surface area contributed by atoms with E-state index in [0.29, 0.717) is 23.8 Å². The van der Waals surface area contributed by atoms with Crippen molar-refractivity contribution in [2.75, 3.05) is 0 Å². The molecule has 2 aromatic heterocycles. The Hall–Kier alpha value is -2.44. The molecule has 2 aliphatic rings. The highest BCUT2D eigenvalue weighted by atomic mass is 16.4. The van der Waals surface area contributed by atoms with Crippen molar-refractivity contribution in [2.45, 2.75) is 52.4 Å². The fraction of sp³-hybridized carbons (Fsp3) is 0.579. The third-order valence-corrected chi connectivity index (χ3v) is 6.33. The second-order valence-corrected chi connectivity index (χ2v) is 8.32. The molecule has 0 spiro atoms. The Labute approximate surface area is 152 Å². The number of fused-ring (bicyclic) bond motifs is 3. The number of aryl methyl sites for hydroxylation is 2. The summed E-state index contributed by atoms with van der Waals surface area (Å²) >= 11 is 0. The fourth-order valence-corrected chi connectivity index (χ4v) is 5.21. The molecule has 1 saturated carbocycles. The Balaban J connectivity index is 1.91. The lowest BCUT2D eigenvalue weighted by Gasteiger charge is -2.52. The molecule has 0 bridgehead atoms. The van der Waals surface area contributed by atoms with Gasteiger partial charge < -0.3 is 9.52 Å². The van der Waals surface area contributed by atoms with Gasteiger partial charge in [-0.1, -0.05) is 20.8 Å². The monoisotopic (exact) mass is 356 g/mol. The minimum atomic E-state index is -0.544. The highest BCUT2D eigenvalue weighted by molar-refractivity contribution is 6.01. The Morgan fingerprint density at radius 2 is 2.04 bits per heavy atom. The summed E-state index contributed by atoms with van der Waals surface area (Å²) in [7, 11) is 1.88. The van der Waals surface area contributed by atoms with E-state index < -0.39 is 5.41 Å². The van der Waals surface area contributed by atoms with Gasteiger partial charge in [0, 0.05) is 35.9 Å². The van der Waals surface area contributed by atoms with Crippen molar-refractivity contribution in [2.24, 2.45) is 18.4 Å². The second kappa shape index (κ2) is 5.28. The van der Waals surface area contributed by atoms with Crippen molar-refractivity contribution in [1.82, 2.24) is 20.0 Å². The molecular weight excluding hydrogens is 332 g/mol. The number of aromatic nitrogens is 4. The average molecular weight is 356 g/mol. The van der Waals surface area contributed by atoms with Crippen LogP contribution in [-0.4, -0.2) is 30.9 Å². The number of hydrogen-bond acceptors (Lipinski definition) is 6. The maximum Gasteiger partial charge on any atom is 0.266 e. The average Bonchev–Trinajstić information content (AvgIpc) is 3.14. The molecule has 1 fully saturated rings. The van der Waals surface area contributed by atoms with Gasteiger partial charge in [0.25, 0.3) is 5.89 Å². The smallest absolute Gasteiger partial charge is 0.266 e. The van der Waals surface area contributed by atoms with E-state index in [0.717, 1.165) is 36.1 Å². The number of hydrogen-bond donors (Lipinski definition) is 1. The third kappa shape index (κ3) is 2.06. The van der Waals surface area contributed by atoms with Crippen molar-refractivity contribution in [3.8, 4) is 11.6 Å². The SMILES string of the molecule is Cc1nnc(-c2c3c(nn2C)C2(C)C/C(=C/O)C(=O)C(C)(C)[C@@H]2CC3)o1. The summed E-state index contributed by atoms with van der Waals surface area (Å²) in [4.78, 5) is 12.8. The third-order valence-electron chi connectivity index (χ3n) is 6.33. The first-order chi connectivity index (χ1) is 12.2. The summed E-state index contributed by atoms with van der Waals surface area (Å²) in [6, 6.07) is 0. The Bertz CT molecular complexity index is 937. The van der Waals surface area contributed by atoms with Crippen LogP contribution in [0.5, 0.6) is 0 Å². The standard InChI is InChI=1S/C19H24N4O3/c1-10-20-21-17(26-10)14-12-6-7-13-18(2,3)16(25)11(9-24)8-19(13,4)15(12)22-23(14)5/h9,13,24H,6-8H2,1-5H3/b11-9-/t13-,19?/m0/s1.